The van der Waals surface area contributed by atoms with Gasteiger partial charge in [0.1, 0.15) is 19.8 Å². The number of ether oxygens (including phenoxy) is 2. The van der Waals surface area contributed by atoms with Crippen molar-refractivity contribution in [3.8, 4) is 0 Å². The summed E-state index contributed by atoms with van der Waals surface area (Å²) in [7, 11) is 1.17. The van der Waals surface area contributed by atoms with Crippen molar-refractivity contribution in [1.82, 2.24) is 0 Å². The number of allylic oxidation sites excluding steroid dienone is 6. The Morgan fingerprint density at radius 3 is 1.32 bits per heavy atom. The van der Waals surface area contributed by atoms with E-state index >= 15 is 0 Å². The molecule has 0 aliphatic heterocycles. The second kappa shape index (κ2) is 44.4. The summed E-state index contributed by atoms with van der Waals surface area (Å²) in [6, 6.07) is 0. The number of esters is 2. The fraction of sp³-hybridized carbons (Fsp3) is 0.846. The number of hydrogen-bond donors (Lipinski definition) is 0. The molecule has 2 atom stereocenters. The summed E-state index contributed by atoms with van der Waals surface area (Å²) in [6.45, 7) is 4.22. The summed E-state index contributed by atoms with van der Waals surface area (Å²) in [4.78, 5) is 37.7. The van der Waals surface area contributed by atoms with Gasteiger partial charge in [0, 0.05) is 12.8 Å². The van der Waals surface area contributed by atoms with Gasteiger partial charge in [-0.05, 0) is 70.6 Å². The molecular formula is C52H98NO8P. The number of carbonyl (C=O) groups is 2. The number of phosphoric ester groups is 1. The van der Waals surface area contributed by atoms with Gasteiger partial charge in [-0.3, -0.25) is 14.2 Å². The number of carbonyl (C=O) groups excluding carboxylic acids is 2. The highest BCUT2D eigenvalue weighted by atomic mass is 31.2. The molecule has 1 unspecified atom stereocenters. The molecule has 0 fully saturated rings. The highest BCUT2D eigenvalue weighted by molar-refractivity contribution is 7.45. The monoisotopic (exact) mass is 896 g/mol. The minimum Gasteiger partial charge on any atom is -0.756 e. The summed E-state index contributed by atoms with van der Waals surface area (Å²) in [5.41, 5.74) is 0. The summed E-state index contributed by atoms with van der Waals surface area (Å²) >= 11 is 0. The lowest BCUT2D eigenvalue weighted by molar-refractivity contribution is -0.870. The highest BCUT2D eigenvalue weighted by Gasteiger charge is 2.21. The van der Waals surface area contributed by atoms with Crippen molar-refractivity contribution >= 4 is 19.8 Å². The molecule has 0 saturated carbocycles. The van der Waals surface area contributed by atoms with Gasteiger partial charge in [-0.25, -0.2) is 0 Å². The molecule has 0 spiro atoms. The van der Waals surface area contributed by atoms with Crippen LogP contribution in [0.1, 0.15) is 232 Å². The van der Waals surface area contributed by atoms with E-state index in [0.29, 0.717) is 17.4 Å². The summed E-state index contributed by atoms with van der Waals surface area (Å²) in [6.07, 6.45) is 51.6. The van der Waals surface area contributed by atoms with E-state index in [9.17, 15) is 19.0 Å². The number of phosphoric acid groups is 1. The van der Waals surface area contributed by atoms with E-state index in [4.69, 9.17) is 18.5 Å². The van der Waals surface area contributed by atoms with E-state index in [0.717, 1.165) is 44.9 Å². The van der Waals surface area contributed by atoms with Gasteiger partial charge < -0.3 is 27.9 Å². The Labute approximate surface area is 382 Å². The second-order valence-corrected chi connectivity index (χ2v) is 19.9. The third kappa shape index (κ3) is 47.7. The zero-order chi connectivity index (χ0) is 45.7. The van der Waals surface area contributed by atoms with Crippen molar-refractivity contribution in [2.24, 2.45) is 0 Å². The number of unbranched alkanes of at least 4 members (excludes halogenated alkanes) is 27. The normalized spacial score (nSPS) is 13.7. The molecule has 0 bridgehead atoms. The van der Waals surface area contributed by atoms with Crippen LogP contribution in [0, 0.1) is 0 Å². The maximum atomic E-state index is 12.7. The number of likely N-dealkylation sites (N-methyl/N-ethyl adjacent to an activating group) is 1. The van der Waals surface area contributed by atoms with Crippen LogP contribution in [-0.2, 0) is 32.7 Å². The molecule has 0 radical (unpaired) electrons. The van der Waals surface area contributed by atoms with Crippen LogP contribution in [0.5, 0.6) is 0 Å². The van der Waals surface area contributed by atoms with Crippen molar-refractivity contribution in [2.75, 3.05) is 47.5 Å². The first-order chi connectivity index (χ1) is 30.0. The zero-order valence-electron chi connectivity index (χ0n) is 41.1. The van der Waals surface area contributed by atoms with Crippen molar-refractivity contribution in [3.63, 3.8) is 0 Å². The lowest BCUT2D eigenvalue weighted by Crippen LogP contribution is -2.37. The van der Waals surface area contributed by atoms with Gasteiger partial charge in [-0.2, -0.15) is 0 Å². The minimum atomic E-state index is -4.63. The van der Waals surface area contributed by atoms with Gasteiger partial charge >= 0.3 is 11.9 Å². The largest absolute Gasteiger partial charge is 0.756 e. The van der Waals surface area contributed by atoms with Gasteiger partial charge in [0.2, 0.25) is 0 Å². The van der Waals surface area contributed by atoms with Crippen LogP contribution < -0.4 is 4.89 Å². The van der Waals surface area contributed by atoms with Crippen LogP contribution in [0.25, 0.3) is 0 Å². The van der Waals surface area contributed by atoms with Crippen LogP contribution in [0.4, 0.5) is 0 Å². The second-order valence-electron chi connectivity index (χ2n) is 18.5. The SMILES string of the molecule is CCCCC/C=C\C/C=C\CCCCCCCCCCCC(=O)OC[C@H](COP(=O)([O-])OCC[N+](C)(C)C)OC(=O)CCCCCCCCCCC/C=C\CCCCCCCC. The fourth-order valence-corrected chi connectivity index (χ4v) is 7.82. The van der Waals surface area contributed by atoms with Crippen LogP contribution in [-0.4, -0.2) is 70.0 Å². The molecule has 9 nitrogen and oxygen atoms in total. The molecule has 62 heavy (non-hydrogen) atoms. The number of hydrogen-bond acceptors (Lipinski definition) is 8. The highest BCUT2D eigenvalue weighted by Crippen LogP contribution is 2.38. The third-order valence-corrected chi connectivity index (χ3v) is 12.1. The molecule has 0 rings (SSSR count). The molecule has 10 heteroatoms. The Kier molecular flexibility index (Phi) is 43.2. The number of quaternary nitrogens is 1. The van der Waals surface area contributed by atoms with Gasteiger partial charge in [0.05, 0.1) is 27.7 Å². The molecule has 364 valence electrons. The maximum absolute atomic E-state index is 12.7. The van der Waals surface area contributed by atoms with Gasteiger partial charge in [-0.15, -0.1) is 0 Å². The Morgan fingerprint density at radius 2 is 0.871 bits per heavy atom. The van der Waals surface area contributed by atoms with Crippen LogP contribution >= 0.6 is 7.82 Å². The topological polar surface area (TPSA) is 111 Å². The Hall–Kier alpha value is -1.77. The Morgan fingerprint density at radius 1 is 0.500 bits per heavy atom. The van der Waals surface area contributed by atoms with E-state index in [1.54, 1.807) is 0 Å². The first-order valence-electron chi connectivity index (χ1n) is 25.7. The molecule has 0 aromatic heterocycles. The molecule has 0 N–H and O–H groups in total. The minimum absolute atomic E-state index is 0.0315. The van der Waals surface area contributed by atoms with E-state index < -0.39 is 26.5 Å². The van der Waals surface area contributed by atoms with Crippen LogP contribution in [0.2, 0.25) is 0 Å². The smallest absolute Gasteiger partial charge is 0.306 e. The van der Waals surface area contributed by atoms with E-state index in [2.05, 4.69) is 50.3 Å². The molecule has 0 aromatic rings. The summed E-state index contributed by atoms with van der Waals surface area (Å²) in [5, 5.41) is 0. The standard InChI is InChI=1S/C52H98NO8P/c1-6-8-10-12-14-16-18-20-22-24-26-28-30-32-34-36-38-40-42-44-51(54)58-48-50(49-60-62(56,57)59-47-46-53(3,4)5)61-52(55)45-43-41-39-37-35-33-31-29-27-25-23-21-19-17-15-13-11-9-7-2/h14,16,20-23,50H,6-13,15,17-19,24-49H2,1-5H3/b16-14-,22-20-,23-21-/t50-/m1/s1. The van der Waals surface area contributed by atoms with E-state index in [1.807, 2.05) is 21.1 Å². The third-order valence-electron chi connectivity index (χ3n) is 11.1. The lowest BCUT2D eigenvalue weighted by atomic mass is 10.1. The van der Waals surface area contributed by atoms with Crippen molar-refractivity contribution < 1.29 is 42.1 Å². The Bertz CT molecular complexity index is 1150. The van der Waals surface area contributed by atoms with Crippen LogP contribution in [0.15, 0.2) is 36.5 Å². The average Bonchev–Trinajstić information content (AvgIpc) is 3.23. The average molecular weight is 896 g/mol. The molecular weight excluding hydrogens is 798 g/mol. The van der Waals surface area contributed by atoms with E-state index in [-0.39, 0.29) is 32.0 Å². The first-order valence-corrected chi connectivity index (χ1v) is 27.2. The van der Waals surface area contributed by atoms with Crippen molar-refractivity contribution in [1.29, 1.82) is 0 Å². The molecule has 0 saturated heterocycles. The molecule has 0 aliphatic rings. The summed E-state index contributed by atoms with van der Waals surface area (Å²) < 4.78 is 34.1. The van der Waals surface area contributed by atoms with E-state index in [1.165, 1.54) is 154 Å². The fourth-order valence-electron chi connectivity index (χ4n) is 7.09. The first kappa shape index (κ1) is 60.2. The van der Waals surface area contributed by atoms with Crippen LogP contribution in [0.3, 0.4) is 0 Å². The van der Waals surface area contributed by atoms with Gasteiger partial charge in [0.15, 0.2) is 6.10 Å². The number of nitrogens with zero attached hydrogens (tertiary/aromatic N) is 1. The summed E-state index contributed by atoms with van der Waals surface area (Å²) in [5.74, 6) is -0.834. The zero-order valence-corrected chi connectivity index (χ0v) is 42.0. The molecule has 0 aliphatic carbocycles. The molecule has 0 amide bonds. The quantitative estimate of drug-likeness (QED) is 0.0195. The Balaban J connectivity index is 4.25. The maximum Gasteiger partial charge on any atom is 0.306 e. The predicted molar refractivity (Wildman–Crippen MR) is 259 cm³/mol. The molecule has 0 aromatic carbocycles. The van der Waals surface area contributed by atoms with Gasteiger partial charge in [0.25, 0.3) is 7.82 Å². The predicted octanol–water partition coefficient (Wildman–Crippen LogP) is 14.6. The van der Waals surface area contributed by atoms with Crippen molar-refractivity contribution in [2.45, 2.75) is 238 Å². The molecule has 0 heterocycles. The van der Waals surface area contributed by atoms with Crippen molar-refractivity contribution in [3.05, 3.63) is 36.5 Å². The lowest BCUT2D eigenvalue weighted by Gasteiger charge is -2.28. The van der Waals surface area contributed by atoms with Gasteiger partial charge in [-0.1, -0.05) is 185 Å². The number of rotatable bonds is 47.